The lowest BCUT2D eigenvalue weighted by Crippen LogP contribution is -2.48. The fraction of sp³-hybridized carbons (Fsp3) is 0.692. The van der Waals surface area contributed by atoms with E-state index in [1.54, 1.807) is 6.20 Å². The molecule has 1 aromatic rings. The molecule has 9 heteroatoms. The zero-order chi connectivity index (χ0) is 16.2. The Labute approximate surface area is 133 Å². The summed E-state index contributed by atoms with van der Waals surface area (Å²) < 4.78 is 9.36. The molecule has 0 aromatic carbocycles. The smallest absolute Gasteiger partial charge is 0.407 e. The van der Waals surface area contributed by atoms with Crippen molar-refractivity contribution in [1.82, 2.24) is 9.69 Å². The van der Waals surface area contributed by atoms with E-state index < -0.39 is 11.7 Å². The van der Waals surface area contributed by atoms with Gasteiger partial charge < -0.3 is 15.0 Å². The fourth-order valence-corrected chi connectivity index (χ4v) is 3.04. The first-order chi connectivity index (χ1) is 10.4. The lowest BCUT2D eigenvalue weighted by atomic mass is 10.1. The van der Waals surface area contributed by atoms with Crippen molar-refractivity contribution >= 4 is 28.3 Å². The Bertz CT molecular complexity index is 575. The number of rotatable bonds is 3. The maximum absolute atomic E-state index is 11.9. The molecule has 1 aromatic heterocycles. The molecule has 22 heavy (non-hydrogen) atoms. The van der Waals surface area contributed by atoms with Crippen molar-refractivity contribution < 1.29 is 9.53 Å². The first-order valence-electron chi connectivity index (χ1n) is 7.13. The molecule has 1 amide bonds. The van der Waals surface area contributed by atoms with Crippen LogP contribution < -0.4 is 10.2 Å². The van der Waals surface area contributed by atoms with Crippen molar-refractivity contribution in [2.24, 2.45) is 5.11 Å². The Kier molecular flexibility index (Phi) is 5.10. The van der Waals surface area contributed by atoms with Crippen molar-refractivity contribution in [3.8, 4) is 0 Å². The summed E-state index contributed by atoms with van der Waals surface area (Å²) in [6.45, 7) is 7.01. The van der Waals surface area contributed by atoms with Gasteiger partial charge in [-0.2, -0.15) is 4.37 Å². The van der Waals surface area contributed by atoms with E-state index in [1.165, 1.54) is 11.5 Å². The van der Waals surface area contributed by atoms with Crippen LogP contribution in [-0.2, 0) is 4.74 Å². The van der Waals surface area contributed by atoms with Gasteiger partial charge in [-0.3, -0.25) is 0 Å². The van der Waals surface area contributed by atoms with Gasteiger partial charge >= 0.3 is 6.09 Å². The first-order valence-corrected chi connectivity index (χ1v) is 7.90. The number of hydrogen-bond acceptors (Lipinski definition) is 6. The third-order valence-corrected chi connectivity index (χ3v) is 3.97. The molecule has 1 aliphatic heterocycles. The highest BCUT2D eigenvalue weighted by Crippen LogP contribution is 2.34. The predicted octanol–water partition coefficient (Wildman–Crippen LogP) is 3.58. The number of aromatic nitrogens is 1. The molecule has 1 aliphatic rings. The predicted molar refractivity (Wildman–Crippen MR) is 85.5 cm³/mol. The molecular weight excluding hydrogens is 304 g/mol. The maximum Gasteiger partial charge on any atom is 0.407 e. The summed E-state index contributed by atoms with van der Waals surface area (Å²) in [6.07, 6.45) is 2.99. The van der Waals surface area contributed by atoms with E-state index in [0.29, 0.717) is 12.2 Å². The van der Waals surface area contributed by atoms with Gasteiger partial charge in [-0.1, -0.05) is 5.11 Å². The normalized spacial score (nSPS) is 18.5. The molecule has 1 atom stereocenters. The number of anilines is 1. The summed E-state index contributed by atoms with van der Waals surface area (Å²) in [4.78, 5) is 16.8. The summed E-state index contributed by atoms with van der Waals surface area (Å²) in [5, 5.41) is 7.39. The largest absolute Gasteiger partial charge is 0.444 e. The van der Waals surface area contributed by atoms with Crippen molar-refractivity contribution in [2.45, 2.75) is 45.3 Å². The maximum atomic E-state index is 11.9. The van der Waals surface area contributed by atoms with Crippen molar-refractivity contribution in [3.63, 3.8) is 0 Å². The molecule has 0 saturated carbocycles. The van der Waals surface area contributed by atoms with Gasteiger partial charge in [0.15, 0.2) is 0 Å². The number of nitrogens with one attached hydrogen (secondary N) is 1. The third-order valence-electron chi connectivity index (χ3n) is 3.12. The molecule has 120 valence electrons. The number of azide groups is 1. The minimum absolute atomic E-state index is 0.00427. The Balaban J connectivity index is 1.98. The number of nitrogens with zero attached hydrogens (tertiary/aromatic N) is 5. The Hall–Kier alpha value is -1.99. The van der Waals surface area contributed by atoms with Crippen LogP contribution in [-0.4, -0.2) is 35.2 Å². The van der Waals surface area contributed by atoms with E-state index in [9.17, 15) is 4.79 Å². The molecule has 0 spiro atoms. The first kappa shape index (κ1) is 16.4. The van der Waals surface area contributed by atoms with E-state index >= 15 is 0 Å². The molecule has 0 radical (unpaired) electrons. The van der Waals surface area contributed by atoms with Gasteiger partial charge in [0.2, 0.25) is 0 Å². The van der Waals surface area contributed by atoms with E-state index in [1.807, 2.05) is 20.8 Å². The number of hydrogen-bond donors (Lipinski definition) is 1. The van der Waals surface area contributed by atoms with Gasteiger partial charge in [-0.25, -0.2) is 4.79 Å². The lowest BCUT2D eigenvalue weighted by Gasteiger charge is -2.34. The molecule has 0 unspecified atom stereocenters. The van der Waals surface area contributed by atoms with Gasteiger partial charge in [-0.15, -0.1) is 0 Å². The summed E-state index contributed by atoms with van der Waals surface area (Å²) >= 11 is 1.29. The highest BCUT2D eigenvalue weighted by atomic mass is 32.1. The SMILES string of the molecule is CC(C)(C)OC(=O)N[C@H]1CCCN(c2sncc2N=[N+]=[N-])C1. The van der Waals surface area contributed by atoms with Crippen LogP contribution in [0.2, 0.25) is 0 Å². The van der Waals surface area contributed by atoms with Gasteiger partial charge in [-0.05, 0) is 50.7 Å². The van der Waals surface area contributed by atoms with Gasteiger partial charge in [0.05, 0.1) is 11.9 Å². The molecule has 8 nitrogen and oxygen atoms in total. The van der Waals surface area contributed by atoms with E-state index in [4.69, 9.17) is 10.3 Å². The summed E-state index contributed by atoms with van der Waals surface area (Å²) in [5.74, 6) is 0. The number of alkyl carbamates (subject to hydrolysis) is 1. The molecule has 2 rings (SSSR count). The standard InChI is InChI=1S/C13H20N6O2S/c1-13(2,3)21-12(20)16-9-5-4-6-19(8-9)11-10(17-18-14)7-15-22-11/h7,9H,4-6,8H2,1-3H3,(H,16,20)/t9-/m0/s1. The number of carbonyl (C=O) groups excluding carboxylic acids is 1. The number of carbonyl (C=O) groups is 1. The highest BCUT2D eigenvalue weighted by molar-refractivity contribution is 7.10. The zero-order valence-electron chi connectivity index (χ0n) is 12.9. The van der Waals surface area contributed by atoms with Gasteiger partial charge in [0.25, 0.3) is 0 Å². The molecular formula is C13H20N6O2S. The minimum Gasteiger partial charge on any atom is -0.444 e. The number of amides is 1. The molecule has 0 bridgehead atoms. The van der Waals surface area contributed by atoms with Crippen LogP contribution in [0.5, 0.6) is 0 Å². The van der Waals surface area contributed by atoms with Crippen molar-refractivity contribution in [1.29, 1.82) is 0 Å². The molecule has 2 heterocycles. The van der Waals surface area contributed by atoms with E-state index in [2.05, 4.69) is 24.6 Å². The highest BCUT2D eigenvalue weighted by Gasteiger charge is 2.26. The second-order valence-corrected chi connectivity index (χ2v) is 6.92. The molecule has 1 saturated heterocycles. The lowest BCUT2D eigenvalue weighted by molar-refractivity contribution is 0.0500. The quantitative estimate of drug-likeness (QED) is 0.521. The van der Waals surface area contributed by atoms with Crippen molar-refractivity contribution in [2.75, 3.05) is 18.0 Å². The number of piperidine rings is 1. The Morgan fingerprint density at radius 1 is 1.64 bits per heavy atom. The molecule has 1 fully saturated rings. The zero-order valence-corrected chi connectivity index (χ0v) is 13.8. The second kappa shape index (κ2) is 6.85. The third kappa shape index (κ3) is 4.51. The molecule has 0 aliphatic carbocycles. The number of ether oxygens (including phenoxy) is 1. The van der Waals surface area contributed by atoms with Crippen molar-refractivity contribution in [3.05, 3.63) is 16.6 Å². The van der Waals surface area contributed by atoms with Crippen LogP contribution in [0, 0.1) is 0 Å². The topological polar surface area (TPSA) is 103 Å². The van der Waals surface area contributed by atoms with E-state index in [-0.39, 0.29) is 6.04 Å². The average Bonchev–Trinajstić information content (AvgIpc) is 2.85. The second-order valence-electron chi connectivity index (χ2n) is 6.14. The Morgan fingerprint density at radius 2 is 2.41 bits per heavy atom. The van der Waals surface area contributed by atoms with Gasteiger partial charge in [0.1, 0.15) is 10.6 Å². The van der Waals surface area contributed by atoms with E-state index in [0.717, 1.165) is 24.4 Å². The minimum atomic E-state index is -0.509. The molecule has 1 N–H and O–H groups in total. The van der Waals surface area contributed by atoms with Crippen LogP contribution in [0.3, 0.4) is 0 Å². The van der Waals surface area contributed by atoms with Crippen LogP contribution in [0.1, 0.15) is 33.6 Å². The fourth-order valence-electron chi connectivity index (χ4n) is 2.32. The summed E-state index contributed by atoms with van der Waals surface area (Å²) in [7, 11) is 0. The monoisotopic (exact) mass is 324 g/mol. The van der Waals surface area contributed by atoms with Crippen LogP contribution in [0.4, 0.5) is 15.5 Å². The van der Waals surface area contributed by atoms with Gasteiger partial charge in [0, 0.05) is 24.0 Å². The van der Waals surface area contributed by atoms with Crippen LogP contribution in [0.25, 0.3) is 10.4 Å². The van der Waals surface area contributed by atoms with Crippen LogP contribution >= 0.6 is 11.5 Å². The Morgan fingerprint density at radius 3 is 3.09 bits per heavy atom. The average molecular weight is 324 g/mol. The summed E-state index contributed by atoms with van der Waals surface area (Å²) in [5.41, 5.74) is 8.61. The summed E-state index contributed by atoms with van der Waals surface area (Å²) in [6, 6.07) is 0.00427. The van der Waals surface area contributed by atoms with Crippen LogP contribution in [0.15, 0.2) is 11.3 Å².